The molecule has 1 aromatic carbocycles. The lowest BCUT2D eigenvalue weighted by molar-refractivity contribution is -0.142. The largest absolute Gasteiger partial charge is 0.481 e. The first-order valence-corrected chi connectivity index (χ1v) is 6.40. The third kappa shape index (κ3) is 2.38. The first-order chi connectivity index (χ1) is 7.68. The molecule has 0 aliphatic carbocycles. The molecule has 2 rings (SSSR count). The highest BCUT2D eigenvalue weighted by Gasteiger charge is 2.32. The number of aliphatic carboxylic acids is 1. The second kappa shape index (κ2) is 4.87. The van der Waals surface area contributed by atoms with Crippen molar-refractivity contribution in [3.63, 3.8) is 0 Å². The van der Waals surface area contributed by atoms with Crippen molar-refractivity contribution in [3.8, 4) is 0 Å². The molecule has 1 aromatic rings. The fourth-order valence-corrected chi connectivity index (χ4v) is 3.34. The van der Waals surface area contributed by atoms with Crippen molar-refractivity contribution in [1.29, 1.82) is 0 Å². The van der Waals surface area contributed by atoms with Gasteiger partial charge in [-0.1, -0.05) is 12.1 Å². The van der Waals surface area contributed by atoms with E-state index in [1.54, 1.807) is 23.9 Å². The van der Waals surface area contributed by atoms with Crippen LogP contribution in [0.2, 0.25) is 0 Å². The van der Waals surface area contributed by atoms with Gasteiger partial charge in [0.25, 0.3) is 0 Å². The summed E-state index contributed by atoms with van der Waals surface area (Å²) < 4.78 is 12.8. The Morgan fingerprint density at radius 3 is 2.69 bits per heavy atom. The molecule has 0 aromatic heterocycles. The summed E-state index contributed by atoms with van der Waals surface area (Å²) in [5.41, 5.74) is 0.931. The maximum absolute atomic E-state index is 12.8. The SMILES string of the molecule is O=C(O)C1CCSCC1c1ccc(F)cc1. The Hall–Kier alpha value is -1.03. The Bertz CT molecular complexity index is 377. The fourth-order valence-electron chi connectivity index (χ4n) is 2.07. The summed E-state index contributed by atoms with van der Waals surface area (Å²) in [4.78, 5) is 11.1. The molecule has 0 amide bonds. The van der Waals surface area contributed by atoms with Crippen LogP contribution in [0.15, 0.2) is 24.3 Å². The molecule has 1 heterocycles. The highest BCUT2D eigenvalue weighted by molar-refractivity contribution is 7.99. The van der Waals surface area contributed by atoms with Gasteiger partial charge in [-0.05, 0) is 29.9 Å². The average Bonchev–Trinajstić information content (AvgIpc) is 2.30. The van der Waals surface area contributed by atoms with E-state index in [2.05, 4.69) is 0 Å². The van der Waals surface area contributed by atoms with Gasteiger partial charge in [-0.15, -0.1) is 0 Å². The van der Waals surface area contributed by atoms with E-state index in [0.717, 1.165) is 17.1 Å². The Kier molecular flexibility index (Phi) is 3.49. The van der Waals surface area contributed by atoms with Crippen LogP contribution < -0.4 is 0 Å². The van der Waals surface area contributed by atoms with Crippen molar-refractivity contribution in [2.45, 2.75) is 12.3 Å². The molecule has 2 unspecified atom stereocenters. The third-order valence-electron chi connectivity index (χ3n) is 2.97. The Balaban J connectivity index is 2.23. The Labute approximate surface area is 97.9 Å². The molecule has 1 saturated heterocycles. The molecule has 0 radical (unpaired) electrons. The van der Waals surface area contributed by atoms with E-state index in [0.29, 0.717) is 6.42 Å². The lowest BCUT2D eigenvalue weighted by Gasteiger charge is -2.28. The Morgan fingerprint density at radius 2 is 2.06 bits per heavy atom. The normalized spacial score (nSPS) is 25.3. The van der Waals surface area contributed by atoms with E-state index < -0.39 is 5.97 Å². The van der Waals surface area contributed by atoms with Gasteiger partial charge in [0.05, 0.1) is 5.92 Å². The lowest BCUT2D eigenvalue weighted by atomic mass is 9.85. The second-order valence-corrected chi connectivity index (χ2v) is 5.12. The van der Waals surface area contributed by atoms with Crippen molar-refractivity contribution >= 4 is 17.7 Å². The van der Waals surface area contributed by atoms with E-state index in [9.17, 15) is 9.18 Å². The van der Waals surface area contributed by atoms with Crippen molar-refractivity contribution in [2.24, 2.45) is 5.92 Å². The number of rotatable bonds is 2. The quantitative estimate of drug-likeness (QED) is 0.863. The highest BCUT2D eigenvalue weighted by atomic mass is 32.2. The number of benzene rings is 1. The monoisotopic (exact) mass is 240 g/mol. The van der Waals surface area contributed by atoms with Crippen LogP contribution in [0.5, 0.6) is 0 Å². The standard InChI is InChI=1S/C12H13FO2S/c13-9-3-1-8(2-4-9)11-7-16-6-5-10(11)12(14)15/h1-4,10-11H,5-7H2,(H,14,15). The predicted octanol–water partition coefficient (Wildman–Crippen LogP) is 2.75. The number of halogens is 1. The highest BCUT2D eigenvalue weighted by Crippen LogP contribution is 2.36. The van der Waals surface area contributed by atoms with Crippen LogP contribution >= 0.6 is 11.8 Å². The number of hydrogen-bond acceptors (Lipinski definition) is 2. The summed E-state index contributed by atoms with van der Waals surface area (Å²) in [7, 11) is 0. The zero-order chi connectivity index (χ0) is 11.5. The average molecular weight is 240 g/mol. The summed E-state index contributed by atoms with van der Waals surface area (Å²) in [6, 6.07) is 6.19. The summed E-state index contributed by atoms with van der Waals surface area (Å²) in [6.45, 7) is 0. The summed E-state index contributed by atoms with van der Waals surface area (Å²) in [5.74, 6) is 0.370. The molecule has 16 heavy (non-hydrogen) atoms. The van der Waals surface area contributed by atoms with Gasteiger partial charge in [-0.25, -0.2) is 4.39 Å². The van der Waals surface area contributed by atoms with E-state index >= 15 is 0 Å². The van der Waals surface area contributed by atoms with Gasteiger partial charge in [-0.3, -0.25) is 4.79 Å². The summed E-state index contributed by atoms with van der Waals surface area (Å²) >= 11 is 1.77. The molecule has 0 spiro atoms. The van der Waals surface area contributed by atoms with E-state index in [4.69, 9.17) is 5.11 Å². The molecule has 1 fully saturated rings. The van der Waals surface area contributed by atoms with Crippen LogP contribution in [0.4, 0.5) is 4.39 Å². The second-order valence-electron chi connectivity index (χ2n) is 3.97. The minimum Gasteiger partial charge on any atom is -0.481 e. The number of carbonyl (C=O) groups is 1. The van der Waals surface area contributed by atoms with Crippen LogP contribution in [0.1, 0.15) is 17.9 Å². The van der Waals surface area contributed by atoms with Crippen molar-refractivity contribution in [3.05, 3.63) is 35.6 Å². The third-order valence-corrected chi connectivity index (χ3v) is 4.09. The van der Waals surface area contributed by atoms with Crippen LogP contribution in [0, 0.1) is 11.7 Å². The molecule has 2 atom stereocenters. The minimum atomic E-state index is -0.741. The van der Waals surface area contributed by atoms with E-state index in [-0.39, 0.29) is 17.7 Å². The molecule has 1 N–H and O–H groups in total. The molecule has 4 heteroatoms. The van der Waals surface area contributed by atoms with Crippen molar-refractivity contribution < 1.29 is 14.3 Å². The van der Waals surface area contributed by atoms with Crippen LogP contribution in [0.25, 0.3) is 0 Å². The van der Waals surface area contributed by atoms with Crippen LogP contribution in [-0.2, 0) is 4.79 Å². The summed E-state index contributed by atoms with van der Waals surface area (Å²) in [6.07, 6.45) is 0.696. The zero-order valence-corrected chi connectivity index (χ0v) is 9.54. The van der Waals surface area contributed by atoms with E-state index in [1.807, 2.05) is 0 Å². The van der Waals surface area contributed by atoms with Gasteiger partial charge in [0.15, 0.2) is 0 Å². The van der Waals surface area contributed by atoms with Gasteiger partial charge >= 0.3 is 5.97 Å². The number of hydrogen-bond donors (Lipinski definition) is 1. The van der Waals surface area contributed by atoms with E-state index in [1.165, 1.54) is 12.1 Å². The molecular formula is C12H13FO2S. The lowest BCUT2D eigenvalue weighted by Crippen LogP contribution is -2.27. The van der Waals surface area contributed by atoms with Crippen LogP contribution in [-0.4, -0.2) is 22.6 Å². The predicted molar refractivity (Wildman–Crippen MR) is 62.2 cm³/mol. The molecule has 2 nitrogen and oxygen atoms in total. The molecule has 0 saturated carbocycles. The van der Waals surface area contributed by atoms with Gasteiger partial charge in [0.1, 0.15) is 5.82 Å². The number of carboxylic acid groups (broad SMARTS) is 1. The molecule has 86 valence electrons. The molecular weight excluding hydrogens is 227 g/mol. The maximum atomic E-state index is 12.8. The topological polar surface area (TPSA) is 37.3 Å². The van der Waals surface area contributed by atoms with Gasteiger partial charge in [0, 0.05) is 11.7 Å². The smallest absolute Gasteiger partial charge is 0.307 e. The van der Waals surface area contributed by atoms with Gasteiger partial charge in [-0.2, -0.15) is 11.8 Å². The van der Waals surface area contributed by atoms with Crippen molar-refractivity contribution in [2.75, 3.05) is 11.5 Å². The van der Waals surface area contributed by atoms with Gasteiger partial charge in [0.2, 0.25) is 0 Å². The number of carboxylic acids is 1. The first kappa shape index (κ1) is 11.5. The molecule has 1 aliphatic rings. The Morgan fingerprint density at radius 1 is 1.38 bits per heavy atom. The summed E-state index contributed by atoms with van der Waals surface area (Å²) in [5, 5.41) is 9.14. The fraction of sp³-hybridized carbons (Fsp3) is 0.417. The zero-order valence-electron chi connectivity index (χ0n) is 8.73. The minimum absolute atomic E-state index is 0.0110. The number of thioether (sulfide) groups is 1. The molecule has 1 aliphatic heterocycles. The first-order valence-electron chi connectivity index (χ1n) is 5.24. The molecule has 0 bridgehead atoms. The maximum Gasteiger partial charge on any atom is 0.307 e. The van der Waals surface area contributed by atoms with Crippen LogP contribution in [0.3, 0.4) is 0 Å². The van der Waals surface area contributed by atoms with Gasteiger partial charge < -0.3 is 5.11 Å². The van der Waals surface area contributed by atoms with Crippen molar-refractivity contribution in [1.82, 2.24) is 0 Å².